The summed E-state index contributed by atoms with van der Waals surface area (Å²) in [6.07, 6.45) is 5.97. The van der Waals surface area contributed by atoms with Crippen LogP contribution in [-0.4, -0.2) is 43.8 Å². The number of hydrogen-bond acceptors (Lipinski definition) is 1. The highest BCUT2D eigenvalue weighted by atomic mass is 15.4. The molecule has 0 aromatic heterocycles. The molecule has 0 aromatic rings. The first-order valence-corrected chi connectivity index (χ1v) is 6.33. The number of nitrogens with one attached hydrogen (secondary N) is 1. The van der Waals surface area contributed by atoms with E-state index in [4.69, 9.17) is 0 Å². The summed E-state index contributed by atoms with van der Waals surface area (Å²) in [5, 5.41) is 3.63. The summed E-state index contributed by atoms with van der Waals surface area (Å²) in [5.41, 5.74) is 0. The third-order valence-electron chi connectivity index (χ3n) is 4.91. The minimum absolute atomic E-state index is 0.980. The van der Waals surface area contributed by atoms with Crippen molar-refractivity contribution in [2.75, 3.05) is 33.2 Å². The molecule has 3 rings (SSSR count). The summed E-state index contributed by atoms with van der Waals surface area (Å²) in [5.74, 6) is 1.97. The number of nitrogens with zero attached hydrogens (tertiary/aromatic N) is 1. The summed E-state index contributed by atoms with van der Waals surface area (Å²) < 4.78 is 1.41. The van der Waals surface area contributed by atoms with Crippen LogP contribution >= 0.6 is 0 Å². The molecule has 3 fully saturated rings. The second-order valence-electron chi connectivity index (χ2n) is 5.97. The molecule has 0 saturated carbocycles. The molecule has 0 aromatic carbocycles. The number of quaternary nitrogens is 1. The van der Waals surface area contributed by atoms with E-state index < -0.39 is 0 Å². The summed E-state index contributed by atoms with van der Waals surface area (Å²) in [6.45, 7) is 5.50. The molecular weight excluding hydrogens is 172 g/mol. The van der Waals surface area contributed by atoms with Gasteiger partial charge < -0.3 is 9.80 Å². The van der Waals surface area contributed by atoms with E-state index in [0.717, 1.165) is 17.9 Å². The topological polar surface area (TPSA) is 12.0 Å². The van der Waals surface area contributed by atoms with Gasteiger partial charge >= 0.3 is 0 Å². The van der Waals surface area contributed by atoms with Crippen LogP contribution in [0, 0.1) is 11.8 Å². The molecule has 0 aliphatic carbocycles. The van der Waals surface area contributed by atoms with Gasteiger partial charge in [-0.2, -0.15) is 0 Å². The predicted molar refractivity (Wildman–Crippen MR) is 58.0 cm³/mol. The van der Waals surface area contributed by atoms with Gasteiger partial charge in [-0.25, -0.2) is 0 Å². The molecule has 3 saturated heterocycles. The van der Waals surface area contributed by atoms with Crippen LogP contribution in [0.25, 0.3) is 0 Å². The van der Waals surface area contributed by atoms with Crippen molar-refractivity contribution >= 4 is 0 Å². The summed E-state index contributed by atoms with van der Waals surface area (Å²) >= 11 is 0. The summed E-state index contributed by atoms with van der Waals surface area (Å²) in [6, 6.07) is 0.993. The van der Waals surface area contributed by atoms with Crippen molar-refractivity contribution in [3.63, 3.8) is 0 Å². The van der Waals surface area contributed by atoms with E-state index in [1.165, 1.54) is 56.3 Å². The molecule has 2 heteroatoms. The monoisotopic (exact) mass is 195 g/mol. The van der Waals surface area contributed by atoms with Gasteiger partial charge in [0.2, 0.25) is 0 Å². The van der Waals surface area contributed by atoms with Crippen molar-refractivity contribution in [3.05, 3.63) is 0 Å². The van der Waals surface area contributed by atoms with Gasteiger partial charge in [0.25, 0.3) is 0 Å². The zero-order valence-corrected chi connectivity index (χ0v) is 9.34. The minimum Gasteiger partial charge on any atom is -0.323 e. The van der Waals surface area contributed by atoms with Crippen LogP contribution in [-0.2, 0) is 0 Å². The Balaban J connectivity index is 1.85. The molecule has 0 spiro atoms. The highest BCUT2D eigenvalue weighted by molar-refractivity contribution is 4.87. The van der Waals surface area contributed by atoms with Gasteiger partial charge in [0.1, 0.15) is 0 Å². The lowest BCUT2D eigenvalue weighted by Gasteiger charge is -2.55. The molecule has 4 atom stereocenters. The fraction of sp³-hybridized carbons (Fsp3) is 1.00. The van der Waals surface area contributed by atoms with E-state index in [0.29, 0.717) is 0 Å². The van der Waals surface area contributed by atoms with Crippen molar-refractivity contribution in [1.82, 2.24) is 5.32 Å². The van der Waals surface area contributed by atoms with Gasteiger partial charge in [0.05, 0.1) is 26.2 Å². The van der Waals surface area contributed by atoms with Crippen molar-refractivity contribution < 1.29 is 4.48 Å². The molecule has 3 aliphatic heterocycles. The van der Waals surface area contributed by atoms with Gasteiger partial charge in [-0.15, -0.1) is 0 Å². The Morgan fingerprint density at radius 3 is 3.07 bits per heavy atom. The average molecular weight is 195 g/mol. The third-order valence-corrected chi connectivity index (χ3v) is 4.91. The number of rotatable bonds is 0. The molecule has 14 heavy (non-hydrogen) atoms. The van der Waals surface area contributed by atoms with Crippen molar-refractivity contribution in [2.45, 2.75) is 31.7 Å². The number of piperidine rings is 3. The second-order valence-corrected chi connectivity index (χ2v) is 5.97. The van der Waals surface area contributed by atoms with Crippen molar-refractivity contribution in [3.8, 4) is 0 Å². The minimum atomic E-state index is 0.980. The van der Waals surface area contributed by atoms with Crippen LogP contribution in [0.4, 0.5) is 0 Å². The van der Waals surface area contributed by atoms with Crippen LogP contribution in [0.5, 0.6) is 0 Å². The van der Waals surface area contributed by atoms with Crippen LogP contribution in [0.3, 0.4) is 0 Å². The first-order valence-electron chi connectivity index (χ1n) is 6.33. The predicted octanol–water partition coefficient (Wildman–Crippen LogP) is 1.22. The largest absolute Gasteiger partial charge is 0.323 e. The van der Waals surface area contributed by atoms with Gasteiger partial charge in [0.15, 0.2) is 0 Å². The van der Waals surface area contributed by atoms with Gasteiger partial charge in [0, 0.05) is 24.9 Å². The summed E-state index contributed by atoms with van der Waals surface area (Å²) in [4.78, 5) is 0. The molecular formula is C12H23N2+. The Morgan fingerprint density at radius 2 is 2.14 bits per heavy atom. The van der Waals surface area contributed by atoms with E-state index in [1.54, 1.807) is 0 Å². The summed E-state index contributed by atoms with van der Waals surface area (Å²) in [7, 11) is 2.52. The zero-order valence-electron chi connectivity index (χ0n) is 9.34. The van der Waals surface area contributed by atoms with E-state index in [2.05, 4.69) is 12.4 Å². The van der Waals surface area contributed by atoms with Crippen molar-refractivity contribution in [2.24, 2.45) is 11.8 Å². The quantitative estimate of drug-likeness (QED) is 0.573. The SMILES string of the molecule is C[N+]12CCCCC1C1CNCC(C1)C2. The van der Waals surface area contributed by atoms with Crippen molar-refractivity contribution in [1.29, 1.82) is 0 Å². The molecule has 80 valence electrons. The molecule has 3 aliphatic rings. The fourth-order valence-corrected chi connectivity index (χ4v) is 4.37. The number of hydrogen-bond donors (Lipinski definition) is 1. The van der Waals surface area contributed by atoms with Crippen LogP contribution in [0.15, 0.2) is 0 Å². The van der Waals surface area contributed by atoms with Crippen LogP contribution in [0.2, 0.25) is 0 Å². The van der Waals surface area contributed by atoms with E-state index in [1.807, 2.05) is 0 Å². The first-order chi connectivity index (χ1) is 6.78. The Hall–Kier alpha value is -0.0800. The molecule has 2 bridgehead atoms. The third kappa shape index (κ3) is 1.31. The lowest BCUT2D eigenvalue weighted by atomic mass is 9.75. The van der Waals surface area contributed by atoms with Gasteiger partial charge in [-0.3, -0.25) is 0 Å². The average Bonchev–Trinajstić information content (AvgIpc) is 2.17. The Kier molecular flexibility index (Phi) is 2.10. The van der Waals surface area contributed by atoms with Crippen LogP contribution < -0.4 is 5.32 Å². The Morgan fingerprint density at radius 1 is 1.21 bits per heavy atom. The molecule has 3 heterocycles. The smallest absolute Gasteiger partial charge is 0.0929 e. The van der Waals surface area contributed by atoms with Gasteiger partial charge in [-0.05, 0) is 25.7 Å². The highest BCUT2D eigenvalue weighted by Crippen LogP contribution is 2.39. The van der Waals surface area contributed by atoms with E-state index >= 15 is 0 Å². The lowest BCUT2D eigenvalue weighted by molar-refractivity contribution is -0.950. The standard InChI is InChI=1S/C12H23N2/c1-14-5-3-2-4-12(14)11-6-10(9-14)7-13-8-11/h10-13H,2-9H2,1H3/q+1. The molecule has 0 radical (unpaired) electrons. The Labute approximate surface area is 87.3 Å². The van der Waals surface area contributed by atoms with Crippen LogP contribution in [0.1, 0.15) is 25.7 Å². The Bertz CT molecular complexity index is 228. The molecule has 1 N–H and O–H groups in total. The second kappa shape index (κ2) is 3.21. The molecule has 4 unspecified atom stereocenters. The first kappa shape index (κ1) is 9.17. The fourth-order valence-electron chi connectivity index (χ4n) is 4.37. The maximum absolute atomic E-state index is 3.63. The zero-order chi connectivity index (χ0) is 9.60. The number of fused-ring (bicyclic) bond motifs is 4. The highest BCUT2D eigenvalue weighted by Gasteiger charge is 2.48. The van der Waals surface area contributed by atoms with E-state index in [9.17, 15) is 0 Å². The van der Waals surface area contributed by atoms with Gasteiger partial charge in [-0.1, -0.05) is 0 Å². The molecule has 0 amide bonds. The maximum Gasteiger partial charge on any atom is 0.0929 e. The molecule has 2 nitrogen and oxygen atoms in total. The lowest BCUT2D eigenvalue weighted by Crippen LogP contribution is -2.67. The normalized spacial score (nSPS) is 52.5. The van der Waals surface area contributed by atoms with E-state index in [-0.39, 0.29) is 0 Å². The maximum atomic E-state index is 3.63.